The number of benzene rings is 3. The molecule has 0 bridgehead atoms. The molecule has 0 saturated carbocycles. The van der Waals surface area contributed by atoms with E-state index >= 15 is 0 Å². The zero-order chi connectivity index (χ0) is 62.2. The second kappa shape index (κ2) is 37.8. The van der Waals surface area contributed by atoms with Gasteiger partial charge in [-0.3, -0.25) is 0 Å². The van der Waals surface area contributed by atoms with E-state index in [1.807, 2.05) is 0 Å². The van der Waals surface area contributed by atoms with Crippen LogP contribution in [0.2, 0.25) is 18.1 Å². The molecule has 476 valence electrons. The second-order valence-corrected chi connectivity index (χ2v) is 34.6. The molecule has 3 atom stereocenters. The van der Waals surface area contributed by atoms with Crippen molar-refractivity contribution in [3.8, 4) is 17.2 Å². The fourth-order valence-electron chi connectivity index (χ4n) is 10.7. The van der Waals surface area contributed by atoms with Crippen LogP contribution in [0.25, 0.3) is 0 Å². The second-order valence-electron chi connectivity index (χ2n) is 25.8. The minimum atomic E-state index is -10.7. The van der Waals surface area contributed by atoms with Gasteiger partial charge in [-0.2, -0.15) is 0 Å². The Morgan fingerprint density at radius 1 is 0.373 bits per heavy atom. The van der Waals surface area contributed by atoms with Crippen molar-refractivity contribution in [2.24, 2.45) is 16.2 Å². The van der Waals surface area contributed by atoms with Gasteiger partial charge in [0.15, 0.2) is 14.7 Å². The van der Waals surface area contributed by atoms with Gasteiger partial charge in [0.2, 0.25) is 0 Å². The average Bonchev–Trinajstić information content (AvgIpc) is 3.60. The first kappa shape index (κ1) is 77.2. The molecule has 0 fully saturated rings. The van der Waals surface area contributed by atoms with E-state index in [2.05, 4.69) is 158 Å². The van der Waals surface area contributed by atoms with Crippen LogP contribution in [0.1, 0.15) is 291 Å². The van der Waals surface area contributed by atoms with Gasteiger partial charge in [-0.1, -0.05) is 238 Å². The summed E-state index contributed by atoms with van der Waals surface area (Å²) in [6, 6.07) is 26.2. The van der Waals surface area contributed by atoms with Gasteiger partial charge in [-0.15, -0.1) is 0 Å². The van der Waals surface area contributed by atoms with Gasteiger partial charge >= 0.3 is 33.0 Å². The molecule has 0 aliphatic carbocycles. The van der Waals surface area contributed by atoms with Crippen molar-refractivity contribution in [2.45, 2.75) is 307 Å². The molecule has 0 aromatic heterocycles. The number of halogens is 6. The van der Waals surface area contributed by atoms with Crippen LogP contribution in [0.15, 0.2) is 69.3 Å². The molecule has 0 spiro atoms. The van der Waals surface area contributed by atoms with Gasteiger partial charge < -0.3 is 14.2 Å². The van der Waals surface area contributed by atoms with Crippen LogP contribution in [0.5, 0.6) is 17.2 Å². The van der Waals surface area contributed by atoms with E-state index in [-0.39, 0.29) is 10.9 Å². The Morgan fingerprint density at radius 2 is 0.614 bits per heavy atom. The fraction of sp³-hybridized carbons (Fsp3) is 0.739. The van der Waals surface area contributed by atoms with Crippen molar-refractivity contribution in [2.75, 3.05) is 19.8 Å². The number of rotatable bonds is 45. The maximum absolute atomic E-state index is 10.7. The first-order chi connectivity index (χ1) is 39.0. The quantitative estimate of drug-likeness (QED) is 0.0186. The van der Waals surface area contributed by atoms with Gasteiger partial charge in [0.05, 0.1) is 30.7 Å². The van der Waals surface area contributed by atoms with Gasteiger partial charge in [0.25, 0.3) is 0 Å². The van der Waals surface area contributed by atoms with Crippen LogP contribution in [-0.2, 0) is 10.9 Å². The molecule has 0 saturated heterocycles. The Labute approximate surface area is 515 Å². The molecule has 14 heteroatoms. The van der Waals surface area contributed by atoms with E-state index in [1.54, 1.807) is 0 Å². The number of hydrogen-bond acceptors (Lipinski definition) is 3. The topological polar surface area (TPSA) is 27.7 Å². The summed E-state index contributed by atoms with van der Waals surface area (Å²) in [4.78, 5) is 4.22. The molecular formula is C69H117F6O3PSSi3. The molecule has 3 nitrogen and oxygen atoms in total. The third kappa shape index (κ3) is 33.3. The number of ether oxygens (including phenoxy) is 3. The Hall–Kier alpha value is -1.93. The molecule has 3 aromatic carbocycles. The molecule has 3 aromatic rings. The van der Waals surface area contributed by atoms with E-state index < -0.39 is 7.81 Å². The summed E-state index contributed by atoms with van der Waals surface area (Å²) in [5.41, 5.74) is 6.84. The molecule has 0 heterocycles. The van der Waals surface area contributed by atoms with Crippen molar-refractivity contribution in [3.05, 3.63) is 71.3 Å². The molecule has 3 unspecified atom stereocenters. The predicted octanol–water partition coefficient (Wildman–Crippen LogP) is 25.4. The molecule has 0 N–H and O–H groups in total. The van der Waals surface area contributed by atoms with E-state index in [0.29, 0.717) is 32.9 Å². The molecule has 6 radical (unpaired) electrons. The van der Waals surface area contributed by atoms with Crippen LogP contribution < -0.4 is 14.2 Å². The first-order valence-electron chi connectivity index (χ1n) is 32.8. The summed E-state index contributed by atoms with van der Waals surface area (Å²) in [5.74, 6) is 3.33. The minimum absolute atomic E-state index is 0.379. The maximum atomic E-state index is 9.87. The zero-order valence-electron chi connectivity index (χ0n) is 55.0. The average molecular weight is 1260 g/mol. The fourth-order valence-corrected chi connectivity index (χ4v) is 18.5. The normalized spacial score (nSPS) is 14.7. The SMILES string of the molecule is CCCCCC(C)(C)CC[Si]C(CC)c1cc([S+](c2ccc(OCCCC)c(C(CC)[Si]CCC(C)(C)CCCCC)c2)c2ccc(OCCCC)c(C(CC)[Si]CCC(C)(C)CCCCC)c2)ccc1OCCCC.F[P-](F)(F)(F)(F)F. The van der Waals surface area contributed by atoms with Gasteiger partial charge in [0.1, 0.15) is 17.2 Å². The molecule has 0 aliphatic heterocycles. The van der Waals surface area contributed by atoms with Gasteiger partial charge in [-0.25, -0.2) is 0 Å². The molecule has 83 heavy (non-hydrogen) atoms. The van der Waals surface area contributed by atoms with E-state index in [1.165, 1.54) is 146 Å². The third-order valence-corrected chi connectivity index (χ3v) is 23.6. The van der Waals surface area contributed by atoms with Crippen LogP contribution in [0.4, 0.5) is 25.2 Å². The van der Waals surface area contributed by atoms with Crippen LogP contribution >= 0.6 is 7.81 Å². The monoisotopic (exact) mass is 1250 g/mol. The summed E-state index contributed by atoms with van der Waals surface area (Å²) in [6.07, 6.45) is 29.8. The van der Waals surface area contributed by atoms with Crippen molar-refractivity contribution in [1.82, 2.24) is 0 Å². The van der Waals surface area contributed by atoms with E-state index in [0.717, 1.165) is 123 Å². The summed E-state index contributed by atoms with van der Waals surface area (Å²) >= 11 is 0. The molecule has 0 aliphatic rings. The van der Waals surface area contributed by atoms with E-state index in [4.69, 9.17) is 14.2 Å². The van der Waals surface area contributed by atoms with Crippen LogP contribution in [-0.4, -0.2) is 48.4 Å². The summed E-state index contributed by atoms with van der Waals surface area (Å²) in [6.45, 7) is 38.5. The predicted molar refractivity (Wildman–Crippen MR) is 355 cm³/mol. The molecular weight excluding hydrogens is 1140 g/mol. The van der Waals surface area contributed by atoms with E-state index in [9.17, 15) is 25.2 Å². The number of unbranched alkanes of at least 4 members (excludes halogenated alkanes) is 9. The van der Waals surface area contributed by atoms with Crippen molar-refractivity contribution in [3.63, 3.8) is 0 Å². The standard InChI is InChI=1S/C69H117O3SSi3.F6P/c1-16-25-31-40-67(10,11)43-49-74-64(22-7)58-52-55(34-37-61(58)70-46-28-19-4)73(56-35-38-62(71-47-29-20-5)59(53-56)65(23-8)75-50-44-68(12,13)41-32-26-17-2)57-36-39-63(72-48-30-21-6)60(54-57)66(24-9)76-51-45-69(14,15)42-33-27-18-3;1-7(2,3,4,5)6/h34-39,52-54,64-66H,16-33,40-51H2,1-15H3;/q+1;-1. The Morgan fingerprint density at radius 3 is 0.831 bits per heavy atom. The summed E-state index contributed by atoms with van der Waals surface area (Å²) in [7, 11) is -8.43. The summed E-state index contributed by atoms with van der Waals surface area (Å²) in [5, 5.41) is 0. The number of hydrogen-bond donors (Lipinski definition) is 0. The van der Waals surface area contributed by atoms with Crippen molar-refractivity contribution in [1.29, 1.82) is 0 Å². The molecule has 3 rings (SSSR count). The Bertz CT molecular complexity index is 2000. The third-order valence-electron chi connectivity index (χ3n) is 16.2. The van der Waals surface area contributed by atoms with Crippen molar-refractivity contribution < 1.29 is 39.4 Å². The molecule has 0 amide bonds. The van der Waals surface area contributed by atoms with Crippen molar-refractivity contribution >= 4 is 47.3 Å². The van der Waals surface area contributed by atoms with Crippen LogP contribution in [0.3, 0.4) is 0 Å². The first-order valence-corrected chi connectivity index (χ1v) is 39.9. The summed E-state index contributed by atoms with van der Waals surface area (Å²) < 4.78 is 79.7. The Balaban J connectivity index is 0.00000314. The van der Waals surface area contributed by atoms with Crippen LogP contribution in [0, 0.1) is 16.2 Å². The Kier molecular flexibility index (Phi) is 35.2. The van der Waals surface area contributed by atoms with Gasteiger partial charge in [-0.05, 0) is 124 Å². The zero-order valence-corrected chi connectivity index (χ0v) is 59.7. The van der Waals surface area contributed by atoms with Gasteiger partial charge in [0, 0.05) is 46.8 Å².